The average molecular weight is 366 g/mol. The normalized spacial score (nSPS) is 17.4. The fourth-order valence-electron chi connectivity index (χ4n) is 4.14. The fraction of sp³-hybridized carbons (Fsp3) is 0.478. The first-order valence-corrected chi connectivity index (χ1v) is 10.1. The van der Waals surface area contributed by atoms with Crippen molar-refractivity contribution < 1.29 is 4.79 Å². The van der Waals surface area contributed by atoms with E-state index in [2.05, 4.69) is 44.7 Å². The number of benzene rings is 1. The van der Waals surface area contributed by atoms with Crippen LogP contribution in [-0.2, 0) is 0 Å². The van der Waals surface area contributed by atoms with Gasteiger partial charge in [-0.05, 0) is 70.7 Å². The van der Waals surface area contributed by atoms with Crippen molar-refractivity contribution in [3.05, 3.63) is 59.8 Å². The molecule has 1 amide bonds. The third-order valence-corrected chi connectivity index (χ3v) is 5.32. The smallest absolute Gasteiger partial charge is 0.254 e. The summed E-state index contributed by atoms with van der Waals surface area (Å²) in [6.45, 7) is 9.58. The van der Waals surface area contributed by atoms with Crippen LogP contribution in [-0.4, -0.2) is 34.4 Å². The van der Waals surface area contributed by atoms with Gasteiger partial charge in [0.25, 0.3) is 5.91 Å². The van der Waals surface area contributed by atoms with Crippen molar-refractivity contribution in [3.63, 3.8) is 0 Å². The highest BCUT2D eigenvalue weighted by molar-refractivity contribution is 5.94. The number of anilines is 1. The molecule has 3 rings (SSSR count). The van der Waals surface area contributed by atoms with E-state index in [1.807, 2.05) is 41.4 Å². The maximum Gasteiger partial charge on any atom is 0.254 e. The van der Waals surface area contributed by atoms with Gasteiger partial charge in [-0.3, -0.25) is 4.79 Å². The van der Waals surface area contributed by atoms with Crippen LogP contribution in [0.1, 0.15) is 68.9 Å². The summed E-state index contributed by atoms with van der Waals surface area (Å²) >= 11 is 0. The van der Waals surface area contributed by atoms with E-state index in [1.54, 1.807) is 0 Å². The van der Waals surface area contributed by atoms with Crippen molar-refractivity contribution >= 4 is 11.7 Å². The molecular formula is C23H31N3O. The van der Waals surface area contributed by atoms with E-state index in [4.69, 9.17) is 4.98 Å². The molecule has 144 valence electrons. The van der Waals surface area contributed by atoms with Gasteiger partial charge in [0.05, 0.1) is 6.04 Å². The van der Waals surface area contributed by atoms with E-state index in [9.17, 15) is 4.79 Å². The van der Waals surface area contributed by atoms with Gasteiger partial charge in [-0.25, -0.2) is 4.98 Å². The molecule has 1 aliphatic rings. The van der Waals surface area contributed by atoms with Crippen molar-refractivity contribution in [3.8, 4) is 0 Å². The fourth-order valence-corrected chi connectivity index (χ4v) is 4.14. The molecule has 0 aliphatic carbocycles. The Kier molecular flexibility index (Phi) is 6.15. The molecular weight excluding hydrogens is 334 g/mol. The monoisotopic (exact) mass is 365 g/mol. The minimum Gasteiger partial charge on any atom is -0.352 e. The Morgan fingerprint density at radius 2 is 1.74 bits per heavy atom. The van der Waals surface area contributed by atoms with Crippen LogP contribution in [0.2, 0.25) is 0 Å². The quantitative estimate of drug-likeness (QED) is 0.742. The van der Waals surface area contributed by atoms with Crippen LogP contribution >= 0.6 is 0 Å². The second kappa shape index (κ2) is 8.55. The summed E-state index contributed by atoms with van der Waals surface area (Å²) in [6.07, 6.45) is 5.18. The largest absolute Gasteiger partial charge is 0.352 e. The minimum atomic E-state index is 0.111. The topological polar surface area (TPSA) is 36.4 Å². The number of pyridine rings is 1. The molecule has 1 aromatic carbocycles. The van der Waals surface area contributed by atoms with Gasteiger partial charge in [0.2, 0.25) is 0 Å². The molecule has 2 heterocycles. The Bertz CT molecular complexity index is 732. The molecule has 27 heavy (non-hydrogen) atoms. The SMILES string of the molecule is CC(C)N(c1ccc([C@@H]2CCCCN2C(=O)c2ccccc2)cn1)C(C)C. The first kappa shape index (κ1) is 19.4. The van der Waals surface area contributed by atoms with E-state index >= 15 is 0 Å². The molecule has 1 atom stereocenters. The number of nitrogens with zero attached hydrogens (tertiary/aromatic N) is 3. The van der Waals surface area contributed by atoms with Gasteiger partial charge < -0.3 is 9.80 Å². The molecule has 0 radical (unpaired) electrons. The molecule has 4 heteroatoms. The number of carbonyl (C=O) groups is 1. The molecule has 0 spiro atoms. The summed E-state index contributed by atoms with van der Waals surface area (Å²) in [4.78, 5) is 22.1. The minimum absolute atomic E-state index is 0.111. The lowest BCUT2D eigenvalue weighted by Gasteiger charge is -2.36. The third-order valence-electron chi connectivity index (χ3n) is 5.32. The summed E-state index contributed by atoms with van der Waals surface area (Å²) in [7, 11) is 0. The maximum absolute atomic E-state index is 13.0. The third kappa shape index (κ3) is 4.32. The van der Waals surface area contributed by atoms with Crippen molar-refractivity contribution in [2.45, 2.75) is 65.1 Å². The number of aromatic nitrogens is 1. The summed E-state index contributed by atoms with van der Waals surface area (Å²) in [5.41, 5.74) is 1.90. The molecule has 0 N–H and O–H groups in total. The van der Waals surface area contributed by atoms with Gasteiger partial charge in [-0.1, -0.05) is 24.3 Å². The zero-order valence-corrected chi connectivity index (χ0v) is 16.9. The summed E-state index contributed by atoms with van der Waals surface area (Å²) < 4.78 is 0. The zero-order valence-electron chi connectivity index (χ0n) is 16.9. The molecule has 1 fully saturated rings. The zero-order chi connectivity index (χ0) is 19.4. The number of hydrogen-bond acceptors (Lipinski definition) is 3. The number of likely N-dealkylation sites (tertiary alicyclic amines) is 1. The number of piperidine rings is 1. The number of hydrogen-bond donors (Lipinski definition) is 0. The first-order chi connectivity index (χ1) is 13.0. The van der Waals surface area contributed by atoms with Gasteiger partial charge in [0.1, 0.15) is 5.82 Å². The predicted molar refractivity (Wildman–Crippen MR) is 111 cm³/mol. The lowest BCUT2D eigenvalue weighted by Crippen LogP contribution is -2.39. The van der Waals surface area contributed by atoms with Gasteiger partial charge in [-0.2, -0.15) is 0 Å². The molecule has 0 unspecified atom stereocenters. The van der Waals surface area contributed by atoms with E-state index in [-0.39, 0.29) is 11.9 Å². The van der Waals surface area contributed by atoms with Gasteiger partial charge in [0.15, 0.2) is 0 Å². The summed E-state index contributed by atoms with van der Waals surface area (Å²) in [5.74, 6) is 1.12. The second-order valence-corrected chi connectivity index (χ2v) is 7.92. The Hall–Kier alpha value is -2.36. The molecule has 0 saturated carbocycles. The van der Waals surface area contributed by atoms with E-state index in [0.717, 1.165) is 42.8 Å². The molecule has 1 aliphatic heterocycles. The lowest BCUT2D eigenvalue weighted by atomic mass is 9.95. The van der Waals surface area contributed by atoms with Crippen molar-refractivity contribution in [2.75, 3.05) is 11.4 Å². The molecule has 0 bridgehead atoms. The van der Waals surface area contributed by atoms with E-state index in [0.29, 0.717) is 12.1 Å². The Balaban J connectivity index is 1.84. The molecule has 1 saturated heterocycles. The number of carbonyl (C=O) groups excluding carboxylic acids is 1. The van der Waals surface area contributed by atoms with Crippen molar-refractivity contribution in [2.24, 2.45) is 0 Å². The van der Waals surface area contributed by atoms with Crippen molar-refractivity contribution in [1.29, 1.82) is 0 Å². The summed E-state index contributed by atoms with van der Waals surface area (Å²) in [5, 5.41) is 0. The standard InChI is InChI=1S/C23H31N3O/c1-17(2)26(18(3)4)22-14-13-20(16-24-22)21-12-8-9-15-25(21)23(27)19-10-6-5-7-11-19/h5-7,10-11,13-14,16-18,21H,8-9,12,15H2,1-4H3/t21-/m0/s1. The highest BCUT2D eigenvalue weighted by atomic mass is 16.2. The molecule has 2 aromatic rings. The van der Waals surface area contributed by atoms with Crippen LogP contribution in [0.5, 0.6) is 0 Å². The van der Waals surface area contributed by atoms with Crippen LogP contribution in [0.15, 0.2) is 48.7 Å². The van der Waals surface area contributed by atoms with Crippen LogP contribution in [0.25, 0.3) is 0 Å². The molecule has 4 nitrogen and oxygen atoms in total. The lowest BCUT2D eigenvalue weighted by molar-refractivity contribution is 0.0611. The maximum atomic E-state index is 13.0. The van der Waals surface area contributed by atoms with Gasteiger partial charge >= 0.3 is 0 Å². The summed E-state index contributed by atoms with van der Waals surface area (Å²) in [6, 6.07) is 14.8. The second-order valence-electron chi connectivity index (χ2n) is 7.92. The highest BCUT2D eigenvalue weighted by Gasteiger charge is 2.29. The molecule has 1 aromatic heterocycles. The Morgan fingerprint density at radius 3 is 2.33 bits per heavy atom. The van der Waals surface area contributed by atoms with Crippen LogP contribution in [0.4, 0.5) is 5.82 Å². The predicted octanol–water partition coefficient (Wildman–Crippen LogP) is 5.07. The first-order valence-electron chi connectivity index (χ1n) is 10.1. The Labute approximate surface area is 163 Å². The van der Waals surface area contributed by atoms with Crippen LogP contribution < -0.4 is 4.90 Å². The van der Waals surface area contributed by atoms with Crippen molar-refractivity contribution in [1.82, 2.24) is 9.88 Å². The van der Waals surface area contributed by atoms with E-state index in [1.165, 1.54) is 0 Å². The van der Waals surface area contributed by atoms with Gasteiger partial charge in [-0.15, -0.1) is 0 Å². The number of rotatable bonds is 5. The van der Waals surface area contributed by atoms with Crippen LogP contribution in [0.3, 0.4) is 0 Å². The number of amides is 1. The van der Waals surface area contributed by atoms with Crippen LogP contribution in [0, 0.1) is 0 Å². The Morgan fingerprint density at radius 1 is 1.04 bits per heavy atom. The average Bonchev–Trinajstić information content (AvgIpc) is 2.68. The highest BCUT2D eigenvalue weighted by Crippen LogP contribution is 2.32. The van der Waals surface area contributed by atoms with E-state index < -0.39 is 0 Å². The van der Waals surface area contributed by atoms with Gasteiger partial charge in [0, 0.05) is 30.4 Å².